The van der Waals surface area contributed by atoms with Crippen molar-refractivity contribution < 1.29 is 17.9 Å². The lowest BCUT2D eigenvalue weighted by molar-refractivity contribution is 0.109. The summed E-state index contributed by atoms with van der Waals surface area (Å²) < 4.78 is 30.6. The van der Waals surface area contributed by atoms with Crippen molar-refractivity contribution in [3.05, 3.63) is 0 Å². The van der Waals surface area contributed by atoms with E-state index in [2.05, 4.69) is 0 Å². The second-order valence-electron chi connectivity index (χ2n) is 4.61. The zero-order chi connectivity index (χ0) is 14.3. The van der Waals surface area contributed by atoms with Crippen LogP contribution in [-0.4, -0.2) is 62.3 Å². The highest BCUT2D eigenvalue weighted by Gasteiger charge is 2.26. The molecule has 0 bridgehead atoms. The van der Waals surface area contributed by atoms with Crippen molar-refractivity contribution in [3.8, 4) is 0 Å². The molecule has 1 amide bonds. The minimum Gasteiger partial charge on any atom is -0.450 e. The molecular weight excluding hydrogens is 268 g/mol. The summed E-state index contributed by atoms with van der Waals surface area (Å²) in [6.07, 6.45) is 1.85. The van der Waals surface area contributed by atoms with E-state index in [9.17, 15) is 13.2 Å². The Balaban J connectivity index is 2.56. The van der Waals surface area contributed by atoms with Crippen molar-refractivity contribution in [2.45, 2.75) is 33.1 Å². The second kappa shape index (κ2) is 7.69. The summed E-state index contributed by atoms with van der Waals surface area (Å²) in [5.41, 5.74) is 0. The summed E-state index contributed by atoms with van der Waals surface area (Å²) in [5, 5.41) is 0. The van der Waals surface area contributed by atoms with E-state index in [0.29, 0.717) is 45.6 Å². The Morgan fingerprint density at radius 3 is 2.53 bits per heavy atom. The molecule has 1 aliphatic rings. The molecule has 0 spiro atoms. The van der Waals surface area contributed by atoms with Gasteiger partial charge >= 0.3 is 6.09 Å². The van der Waals surface area contributed by atoms with Gasteiger partial charge in [0.15, 0.2) is 0 Å². The smallest absolute Gasteiger partial charge is 0.409 e. The molecule has 7 heteroatoms. The number of hydrogen-bond acceptors (Lipinski definition) is 4. The molecule has 0 unspecified atom stereocenters. The SMILES string of the molecule is CCCCS(=O)(=O)N1CCCN(C(=O)OCC)CC1. The monoisotopic (exact) mass is 292 g/mol. The van der Waals surface area contributed by atoms with E-state index in [0.717, 1.165) is 6.42 Å². The van der Waals surface area contributed by atoms with Crippen LogP contribution in [0, 0.1) is 0 Å². The maximum Gasteiger partial charge on any atom is 0.409 e. The fourth-order valence-corrected chi connectivity index (χ4v) is 3.70. The van der Waals surface area contributed by atoms with Crippen molar-refractivity contribution in [2.24, 2.45) is 0 Å². The minimum absolute atomic E-state index is 0.197. The number of unbranched alkanes of at least 4 members (excludes halogenated alkanes) is 1. The third-order valence-electron chi connectivity index (χ3n) is 3.13. The first-order valence-electron chi connectivity index (χ1n) is 6.90. The van der Waals surface area contributed by atoms with Gasteiger partial charge in [-0.15, -0.1) is 0 Å². The maximum absolute atomic E-state index is 12.1. The fourth-order valence-electron chi connectivity index (χ4n) is 2.03. The highest BCUT2D eigenvalue weighted by Crippen LogP contribution is 2.11. The van der Waals surface area contributed by atoms with E-state index < -0.39 is 10.0 Å². The predicted molar refractivity (Wildman–Crippen MR) is 73.5 cm³/mol. The van der Waals surface area contributed by atoms with Gasteiger partial charge in [0.1, 0.15) is 0 Å². The number of hydrogen-bond donors (Lipinski definition) is 0. The van der Waals surface area contributed by atoms with Crippen LogP contribution in [0.1, 0.15) is 33.1 Å². The molecule has 1 aliphatic heterocycles. The zero-order valence-corrected chi connectivity index (χ0v) is 12.6. The van der Waals surface area contributed by atoms with Crippen LogP contribution in [-0.2, 0) is 14.8 Å². The third-order valence-corrected chi connectivity index (χ3v) is 5.09. The molecule has 1 rings (SSSR count). The molecular formula is C12H24N2O4S. The van der Waals surface area contributed by atoms with E-state index in [4.69, 9.17) is 4.74 Å². The van der Waals surface area contributed by atoms with E-state index in [1.54, 1.807) is 11.8 Å². The van der Waals surface area contributed by atoms with Crippen molar-refractivity contribution in [1.29, 1.82) is 0 Å². The first-order valence-corrected chi connectivity index (χ1v) is 8.51. The Kier molecular flexibility index (Phi) is 6.57. The molecule has 0 aromatic rings. The quantitative estimate of drug-likeness (QED) is 0.765. The molecule has 1 heterocycles. The molecule has 0 aromatic heterocycles. The van der Waals surface area contributed by atoms with Crippen LogP contribution in [0.5, 0.6) is 0 Å². The number of carbonyl (C=O) groups excluding carboxylic acids is 1. The first-order chi connectivity index (χ1) is 9.01. The first kappa shape index (κ1) is 16.2. The van der Waals surface area contributed by atoms with E-state index >= 15 is 0 Å². The van der Waals surface area contributed by atoms with Crippen LogP contribution < -0.4 is 0 Å². The van der Waals surface area contributed by atoms with Crippen LogP contribution in [0.3, 0.4) is 0 Å². The average molecular weight is 292 g/mol. The van der Waals surface area contributed by atoms with Gasteiger partial charge in [0.25, 0.3) is 0 Å². The van der Waals surface area contributed by atoms with E-state index in [1.807, 2.05) is 6.92 Å². The van der Waals surface area contributed by atoms with Crippen LogP contribution in [0.2, 0.25) is 0 Å². The van der Waals surface area contributed by atoms with Gasteiger partial charge in [-0.2, -0.15) is 0 Å². The summed E-state index contributed by atoms with van der Waals surface area (Å²) in [4.78, 5) is 13.2. The largest absolute Gasteiger partial charge is 0.450 e. The van der Waals surface area contributed by atoms with Crippen LogP contribution >= 0.6 is 0 Å². The van der Waals surface area contributed by atoms with Gasteiger partial charge in [-0.05, 0) is 19.8 Å². The number of nitrogens with zero attached hydrogens (tertiary/aromatic N) is 2. The molecule has 112 valence electrons. The third kappa shape index (κ3) is 4.99. The number of sulfonamides is 1. The van der Waals surface area contributed by atoms with Crippen LogP contribution in [0.4, 0.5) is 4.79 Å². The second-order valence-corrected chi connectivity index (χ2v) is 6.70. The van der Waals surface area contributed by atoms with Crippen LogP contribution in [0.15, 0.2) is 0 Å². The molecule has 1 fully saturated rings. The number of ether oxygens (including phenoxy) is 1. The molecule has 0 aromatic carbocycles. The summed E-state index contributed by atoms with van der Waals surface area (Å²) in [6, 6.07) is 0. The van der Waals surface area contributed by atoms with Crippen molar-refractivity contribution in [3.63, 3.8) is 0 Å². The molecule has 0 atom stereocenters. The molecule has 6 nitrogen and oxygen atoms in total. The molecule has 19 heavy (non-hydrogen) atoms. The molecule has 0 N–H and O–H groups in total. The van der Waals surface area contributed by atoms with Gasteiger partial charge in [-0.3, -0.25) is 0 Å². The standard InChI is InChI=1S/C12H24N2O4S/c1-3-5-11-19(16,17)14-8-6-7-13(9-10-14)12(15)18-4-2/h3-11H2,1-2H3. The fraction of sp³-hybridized carbons (Fsp3) is 0.917. The van der Waals surface area contributed by atoms with E-state index in [-0.39, 0.29) is 11.8 Å². The average Bonchev–Trinajstić information content (AvgIpc) is 2.63. The highest BCUT2D eigenvalue weighted by molar-refractivity contribution is 7.89. The number of carbonyl (C=O) groups is 1. The van der Waals surface area contributed by atoms with Crippen molar-refractivity contribution >= 4 is 16.1 Å². The summed E-state index contributed by atoms with van der Waals surface area (Å²) >= 11 is 0. The lowest BCUT2D eigenvalue weighted by atomic mass is 10.4. The maximum atomic E-state index is 12.1. The molecule has 0 aliphatic carbocycles. The Morgan fingerprint density at radius 1 is 1.16 bits per heavy atom. The topological polar surface area (TPSA) is 66.9 Å². The Bertz CT molecular complexity index is 383. The Hall–Kier alpha value is -0.820. The van der Waals surface area contributed by atoms with Gasteiger partial charge < -0.3 is 9.64 Å². The Labute approximate surface area is 115 Å². The van der Waals surface area contributed by atoms with Gasteiger partial charge in [0.05, 0.1) is 12.4 Å². The predicted octanol–water partition coefficient (Wildman–Crippen LogP) is 1.28. The van der Waals surface area contributed by atoms with Crippen LogP contribution in [0.25, 0.3) is 0 Å². The lowest BCUT2D eigenvalue weighted by Crippen LogP contribution is -2.38. The summed E-state index contributed by atoms with van der Waals surface area (Å²) in [5.74, 6) is 0.197. The number of amides is 1. The van der Waals surface area contributed by atoms with Crippen molar-refractivity contribution in [2.75, 3.05) is 38.5 Å². The highest BCUT2D eigenvalue weighted by atomic mass is 32.2. The van der Waals surface area contributed by atoms with Gasteiger partial charge in [-0.1, -0.05) is 13.3 Å². The van der Waals surface area contributed by atoms with E-state index in [1.165, 1.54) is 4.31 Å². The zero-order valence-electron chi connectivity index (χ0n) is 11.8. The summed E-state index contributed by atoms with van der Waals surface area (Å²) in [7, 11) is -3.18. The Morgan fingerprint density at radius 2 is 1.89 bits per heavy atom. The summed E-state index contributed by atoms with van der Waals surface area (Å²) in [6.45, 7) is 5.89. The van der Waals surface area contributed by atoms with Gasteiger partial charge in [-0.25, -0.2) is 17.5 Å². The molecule has 0 saturated carbocycles. The molecule has 0 radical (unpaired) electrons. The molecule has 1 saturated heterocycles. The normalized spacial score (nSPS) is 18.1. The van der Waals surface area contributed by atoms with Crippen molar-refractivity contribution in [1.82, 2.24) is 9.21 Å². The number of rotatable bonds is 5. The lowest BCUT2D eigenvalue weighted by Gasteiger charge is -2.21. The van der Waals surface area contributed by atoms with Gasteiger partial charge in [0.2, 0.25) is 10.0 Å². The minimum atomic E-state index is -3.18. The van der Waals surface area contributed by atoms with Gasteiger partial charge in [0, 0.05) is 26.2 Å².